The van der Waals surface area contributed by atoms with Gasteiger partial charge in [0.05, 0.1) is 6.54 Å². The monoisotopic (exact) mass is 265 g/mol. The van der Waals surface area contributed by atoms with Crippen LogP contribution in [0.5, 0.6) is 0 Å². The lowest BCUT2D eigenvalue weighted by atomic mass is 10.1. The lowest BCUT2D eigenvalue weighted by molar-refractivity contribution is 0.979. The van der Waals surface area contributed by atoms with Gasteiger partial charge >= 0.3 is 0 Å². The summed E-state index contributed by atoms with van der Waals surface area (Å²) in [6.07, 6.45) is 1.04. The fourth-order valence-corrected chi connectivity index (χ4v) is 2.61. The predicted molar refractivity (Wildman–Crippen MR) is 84.0 cm³/mol. The minimum Gasteiger partial charge on any atom is -0.370 e. The molecule has 0 fully saturated rings. The Morgan fingerprint density at radius 3 is 2.80 bits per heavy atom. The van der Waals surface area contributed by atoms with Gasteiger partial charge in [0, 0.05) is 12.2 Å². The van der Waals surface area contributed by atoms with Crippen molar-refractivity contribution >= 4 is 11.6 Å². The quantitative estimate of drug-likeness (QED) is 0.670. The second-order valence-corrected chi connectivity index (χ2v) is 5.19. The van der Waals surface area contributed by atoms with Gasteiger partial charge in [0.25, 0.3) is 0 Å². The highest BCUT2D eigenvalue weighted by atomic mass is 15.3. The Morgan fingerprint density at radius 1 is 1.20 bits per heavy atom. The van der Waals surface area contributed by atoms with Crippen LogP contribution < -0.4 is 10.6 Å². The number of guanidine groups is 1. The van der Waals surface area contributed by atoms with Crippen LogP contribution in [0.2, 0.25) is 0 Å². The average molecular weight is 265 g/mol. The first-order valence-electron chi connectivity index (χ1n) is 6.95. The summed E-state index contributed by atoms with van der Waals surface area (Å²) >= 11 is 0. The molecule has 0 spiro atoms. The number of hydrogen-bond acceptors (Lipinski definition) is 1. The Balaban J connectivity index is 1.78. The summed E-state index contributed by atoms with van der Waals surface area (Å²) in [5, 5.41) is 0. The van der Waals surface area contributed by atoms with E-state index in [0.29, 0.717) is 12.5 Å². The fraction of sp³-hybridized carbons (Fsp3) is 0.235. The van der Waals surface area contributed by atoms with Crippen molar-refractivity contribution in [3.8, 4) is 0 Å². The molecule has 1 heterocycles. The zero-order valence-electron chi connectivity index (χ0n) is 11.7. The number of benzene rings is 2. The fourth-order valence-electron chi connectivity index (χ4n) is 2.61. The molecular weight excluding hydrogens is 246 g/mol. The molecule has 0 amide bonds. The highest BCUT2D eigenvalue weighted by Crippen LogP contribution is 2.28. The highest BCUT2D eigenvalue weighted by Gasteiger charge is 2.21. The average Bonchev–Trinajstić information content (AvgIpc) is 2.89. The Bertz CT molecular complexity index is 632. The molecule has 3 nitrogen and oxygen atoms in total. The summed E-state index contributed by atoms with van der Waals surface area (Å²) in [5.74, 6) is 0.608. The maximum Gasteiger partial charge on any atom is 0.196 e. The first-order valence-corrected chi connectivity index (χ1v) is 6.95. The van der Waals surface area contributed by atoms with E-state index in [1.807, 2.05) is 18.2 Å². The zero-order valence-corrected chi connectivity index (χ0v) is 11.7. The summed E-state index contributed by atoms with van der Waals surface area (Å²) in [5.41, 5.74) is 11.2. The number of aryl methyl sites for hydroxylation is 1. The third-order valence-electron chi connectivity index (χ3n) is 3.67. The van der Waals surface area contributed by atoms with Crippen molar-refractivity contribution in [3.63, 3.8) is 0 Å². The third kappa shape index (κ3) is 2.52. The molecular formula is C17H19N3. The van der Waals surface area contributed by atoms with Crippen molar-refractivity contribution in [2.45, 2.75) is 19.9 Å². The second-order valence-electron chi connectivity index (χ2n) is 5.19. The number of nitrogens with zero attached hydrogens (tertiary/aromatic N) is 2. The molecule has 1 aliphatic heterocycles. The number of nitrogens with two attached hydrogens (primary N) is 1. The molecule has 20 heavy (non-hydrogen) atoms. The van der Waals surface area contributed by atoms with Crippen molar-refractivity contribution in [1.29, 1.82) is 0 Å². The molecule has 0 aliphatic carbocycles. The van der Waals surface area contributed by atoms with Crippen molar-refractivity contribution in [1.82, 2.24) is 0 Å². The van der Waals surface area contributed by atoms with Gasteiger partial charge in [-0.2, -0.15) is 0 Å². The van der Waals surface area contributed by atoms with Crippen LogP contribution in [0.1, 0.15) is 16.7 Å². The number of aliphatic imine (C=N–C) groups is 1. The molecule has 3 rings (SSSR count). The molecule has 102 valence electrons. The SMILES string of the molecule is Cc1ccc2c(c1)CCN2C(N)=NCc1ccccc1. The van der Waals surface area contributed by atoms with Crippen LogP contribution in [0.3, 0.4) is 0 Å². The smallest absolute Gasteiger partial charge is 0.196 e. The van der Waals surface area contributed by atoms with Crippen LogP contribution in [0, 0.1) is 6.92 Å². The summed E-state index contributed by atoms with van der Waals surface area (Å²) in [6.45, 7) is 3.67. The van der Waals surface area contributed by atoms with Gasteiger partial charge in [-0.15, -0.1) is 0 Å². The van der Waals surface area contributed by atoms with Crippen LogP contribution in [0.15, 0.2) is 53.5 Å². The zero-order chi connectivity index (χ0) is 13.9. The van der Waals surface area contributed by atoms with Crippen molar-refractivity contribution in [3.05, 3.63) is 65.2 Å². The van der Waals surface area contributed by atoms with Gasteiger partial charge in [0.1, 0.15) is 0 Å². The van der Waals surface area contributed by atoms with E-state index in [2.05, 4.69) is 47.1 Å². The van der Waals surface area contributed by atoms with E-state index in [4.69, 9.17) is 5.73 Å². The van der Waals surface area contributed by atoms with Crippen LogP contribution >= 0.6 is 0 Å². The highest BCUT2D eigenvalue weighted by molar-refractivity contribution is 5.96. The largest absolute Gasteiger partial charge is 0.370 e. The van der Waals surface area contributed by atoms with Crippen LogP contribution in [0.4, 0.5) is 5.69 Å². The second kappa shape index (κ2) is 5.37. The van der Waals surface area contributed by atoms with Gasteiger partial charge in [0.2, 0.25) is 0 Å². The van der Waals surface area contributed by atoms with Gasteiger partial charge in [-0.3, -0.25) is 0 Å². The minimum atomic E-state index is 0.608. The van der Waals surface area contributed by atoms with E-state index in [0.717, 1.165) is 13.0 Å². The minimum absolute atomic E-state index is 0.608. The molecule has 0 saturated carbocycles. The predicted octanol–water partition coefficient (Wildman–Crippen LogP) is 2.87. The molecule has 1 aliphatic rings. The molecule has 0 radical (unpaired) electrons. The summed E-state index contributed by atoms with van der Waals surface area (Å²) in [7, 11) is 0. The van der Waals surface area contributed by atoms with Crippen LogP contribution in [0.25, 0.3) is 0 Å². The van der Waals surface area contributed by atoms with E-state index >= 15 is 0 Å². The van der Waals surface area contributed by atoms with E-state index < -0.39 is 0 Å². The van der Waals surface area contributed by atoms with Gasteiger partial charge in [-0.25, -0.2) is 4.99 Å². The molecule has 0 unspecified atom stereocenters. The molecule has 2 N–H and O–H groups in total. The standard InChI is InChI=1S/C17H19N3/c1-13-7-8-16-15(11-13)9-10-20(16)17(18)19-12-14-5-3-2-4-6-14/h2-8,11H,9-10,12H2,1H3,(H2,18,19). The number of fused-ring (bicyclic) bond motifs is 1. The van der Waals surface area contributed by atoms with E-state index in [1.165, 1.54) is 22.4 Å². The van der Waals surface area contributed by atoms with E-state index in [9.17, 15) is 0 Å². The van der Waals surface area contributed by atoms with E-state index in [-0.39, 0.29) is 0 Å². The Hall–Kier alpha value is -2.29. The Kier molecular flexibility index (Phi) is 3.42. The van der Waals surface area contributed by atoms with Crippen molar-refractivity contribution in [2.75, 3.05) is 11.4 Å². The Morgan fingerprint density at radius 2 is 2.00 bits per heavy atom. The Labute approximate surface area is 119 Å². The summed E-state index contributed by atoms with van der Waals surface area (Å²) in [4.78, 5) is 6.63. The van der Waals surface area contributed by atoms with Gasteiger partial charge in [-0.1, -0.05) is 48.0 Å². The van der Waals surface area contributed by atoms with Gasteiger partial charge < -0.3 is 10.6 Å². The topological polar surface area (TPSA) is 41.6 Å². The van der Waals surface area contributed by atoms with E-state index in [1.54, 1.807) is 0 Å². The summed E-state index contributed by atoms with van der Waals surface area (Å²) in [6, 6.07) is 16.7. The number of rotatable bonds is 2. The molecule has 2 aromatic rings. The lowest BCUT2D eigenvalue weighted by Gasteiger charge is -2.18. The van der Waals surface area contributed by atoms with Crippen molar-refractivity contribution < 1.29 is 0 Å². The van der Waals surface area contributed by atoms with Crippen LogP contribution in [-0.2, 0) is 13.0 Å². The van der Waals surface area contributed by atoms with Gasteiger partial charge in [0.15, 0.2) is 5.96 Å². The first kappa shape index (κ1) is 12.7. The number of anilines is 1. The summed E-state index contributed by atoms with van der Waals surface area (Å²) < 4.78 is 0. The molecule has 0 atom stereocenters. The maximum absolute atomic E-state index is 6.16. The molecule has 0 aromatic heterocycles. The maximum atomic E-state index is 6.16. The molecule has 2 aromatic carbocycles. The normalized spacial score (nSPS) is 14.4. The molecule has 0 saturated heterocycles. The lowest BCUT2D eigenvalue weighted by Crippen LogP contribution is -2.36. The van der Waals surface area contributed by atoms with Gasteiger partial charge in [-0.05, 0) is 30.5 Å². The third-order valence-corrected chi connectivity index (χ3v) is 3.67. The molecule has 3 heteroatoms. The first-order chi connectivity index (χ1) is 9.74. The molecule has 0 bridgehead atoms. The number of hydrogen-bond donors (Lipinski definition) is 1. The van der Waals surface area contributed by atoms with Crippen LogP contribution in [-0.4, -0.2) is 12.5 Å². The van der Waals surface area contributed by atoms with Crippen molar-refractivity contribution in [2.24, 2.45) is 10.7 Å².